The molecule has 1 saturated heterocycles. The first-order valence-corrected chi connectivity index (χ1v) is 6.10. The largest absolute Gasteiger partial charge is 0.368 e. The van der Waals surface area contributed by atoms with E-state index in [0.717, 1.165) is 31.7 Å². The van der Waals surface area contributed by atoms with Crippen molar-refractivity contribution in [1.82, 2.24) is 14.9 Å². The van der Waals surface area contributed by atoms with E-state index in [-0.39, 0.29) is 0 Å². The van der Waals surface area contributed by atoms with Crippen LogP contribution in [-0.4, -0.2) is 34.5 Å². The molecule has 0 unspecified atom stereocenters. The zero-order valence-electron chi connectivity index (χ0n) is 10.4. The molecule has 1 aliphatic heterocycles. The summed E-state index contributed by atoms with van der Waals surface area (Å²) in [6.07, 6.45) is 5.94. The average molecular weight is 235 g/mol. The molecule has 1 fully saturated rings. The van der Waals surface area contributed by atoms with Crippen LogP contribution in [0, 0.1) is 5.41 Å². The minimum absolute atomic E-state index is 0.327. The van der Waals surface area contributed by atoms with Gasteiger partial charge in [0.2, 0.25) is 5.95 Å². The first kappa shape index (κ1) is 12.3. The number of piperidine rings is 1. The predicted molar refractivity (Wildman–Crippen MR) is 68.1 cm³/mol. The van der Waals surface area contributed by atoms with Crippen molar-refractivity contribution in [2.75, 3.05) is 25.4 Å². The molecule has 4 N–H and O–H groups in total. The van der Waals surface area contributed by atoms with Crippen molar-refractivity contribution >= 4 is 5.95 Å². The molecule has 0 radical (unpaired) electrons. The van der Waals surface area contributed by atoms with E-state index in [2.05, 4.69) is 21.8 Å². The second-order valence-corrected chi connectivity index (χ2v) is 5.24. The lowest BCUT2D eigenvalue weighted by Gasteiger charge is -2.38. The maximum atomic E-state index is 5.80. The predicted octanol–water partition coefficient (Wildman–Crippen LogP) is 0.620. The van der Waals surface area contributed by atoms with Crippen molar-refractivity contribution in [3.63, 3.8) is 0 Å². The molecule has 0 aromatic carbocycles. The minimum Gasteiger partial charge on any atom is -0.368 e. The molecule has 0 saturated carbocycles. The lowest BCUT2D eigenvalue weighted by molar-refractivity contribution is 0.119. The summed E-state index contributed by atoms with van der Waals surface area (Å²) in [5, 5.41) is 0. The van der Waals surface area contributed by atoms with Gasteiger partial charge in [-0.25, -0.2) is 9.97 Å². The van der Waals surface area contributed by atoms with Gasteiger partial charge in [-0.15, -0.1) is 0 Å². The van der Waals surface area contributed by atoms with Gasteiger partial charge in [-0.2, -0.15) is 0 Å². The number of hydrogen-bond donors (Lipinski definition) is 2. The van der Waals surface area contributed by atoms with Crippen LogP contribution in [0.4, 0.5) is 5.95 Å². The summed E-state index contributed by atoms with van der Waals surface area (Å²) < 4.78 is 0. The third-order valence-electron chi connectivity index (χ3n) is 3.69. The maximum Gasteiger partial charge on any atom is 0.219 e. The van der Waals surface area contributed by atoms with Crippen LogP contribution in [0.15, 0.2) is 12.4 Å². The van der Waals surface area contributed by atoms with Crippen LogP contribution in [0.1, 0.15) is 25.3 Å². The summed E-state index contributed by atoms with van der Waals surface area (Å²) in [6.45, 7) is 6.15. The topological polar surface area (TPSA) is 81.1 Å². The van der Waals surface area contributed by atoms with Gasteiger partial charge in [-0.05, 0) is 37.9 Å². The van der Waals surface area contributed by atoms with Gasteiger partial charge in [0.05, 0.1) is 0 Å². The van der Waals surface area contributed by atoms with E-state index in [9.17, 15) is 0 Å². The summed E-state index contributed by atoms with van der Waals surface area (Å²) in [5.41, 5.74) is 12.7. The van der Waals surface area contributed by atoms with Gasteiger partial charge in [0.1, 0.15) is 0 Å². The van der Waals surface area contributed by atoms with E-state index in [0.29, 0.717) is 11.4 Å². The van der Waals surface area contributed by atoms with Gasteiger partial charge in [0.15, 0.2) is 0 Å². The Morgan fingerprint density at radius 2 is 1.88 bits per heavy atom. The van der Waals surface area contributed by atoms with E-state index in [1.165, 1.54) is 12.8 Å². The van der Waals surface area contributed by atoms with Gasteiger partial charge in [-0.1, -0.05) is 6.92 Å². The highest BCUT2D eigenvalue weighted by molar-refractivity contribution is 5.17. The monoisotopic (exact) mass is 235 g/mol. The number of likely N-dealkylation sites (tertiary alicyclic amines) is 1. The highest BCUT2D eigenvalue weighted by Crippen LogP contribution is 2.29. The van der Waals surface area contributed by atoms with E-state index >= 15 is 0 Å². The highest BCUT2D eigenvalue weighted by atomic mass is 15.1. The first-order valence-electron chi connectivity index (χ1n) is 6.10. The average Bonchev–Trinajstić information content (AvgIpc) is 2.35. The Morgan fingerprint density at radius 1 is 1.29 bits per heavy atom. The molecule has 1 aromatic rings. The summed E-state index contributed by atoms with van der Waals surface area (Å²) >= 11 is 0. The van der Waals surface area contributed by atoms with Gasteiger partial charge in [-0.3, -0.25) is 4.90 Å². The molecule has 0 amide bonds. The fourth-order valence-corrected chi connectivity index (χ4v) is 2.16. The van der Waals surface area contributed by atoms with Crippen molar-refractivity contribution < 1.29 is 0 Å². The summed E-state index contributed by atoms with van der Waals surface area (Å²) in [5.74, 6) is 0.336. The second kappa shape index (κ2) is 4.98. The zero-order valence-corrected chi connectivity index (χ0v) is 10.4. The summed E-state index contributed by atoms with van der Waals surface area (Å²) in [6, 6.07) is 0. The van der Waals surface area contributed by atoms with Crippen LogP contribution in [0.5, 0.6) is 0 Å². The highest BCUT2D eigenvalue weighted by Gasteiger charge is 2.28. The Labute approximate surface area is 102 Å². The molecule has 94 valence electrons. The molecule has 2 heterocycles. The van der Waals surface area contributed by atoms with Crippen LogP contribution >= 0.6 is 0 Å². The Morgan fingerprint density at radius 3 is 2.41 bits per heavy atom. The molecule has 5 heteroatoms. The standard InChI is InChI=1S/C12H21N5/c1-12(9-13)2-4-17(5-3-12)8-10-6-15-11(14)16-7-10/h6-7H,2-5,8-9,13H2,1H3,(H2,14,15,16). The fourth-order valence-electron chi connectivity index (χ4n) is 2.16. The summed E-state index contributed by atoms with van der Waals surface area (Å²) in [7, 11) is 0. The fraction of sp³-hybridized carbons (Fsp3) is 0.667. The van der Waals surface area contributed by atoms with E-state index < -0.39 is 0 Å². The van der Waals surface area contributed by atoms with Gasteiger partial charge in [0.25, 0.3) is 0 Å². The van der Waals surface area contributed by atoms with Gasteiger partial charge < -0.3 is 11.5 Å². The smallest absolute Gasteiger partial charge is 0.219 e. The Balaban J connectivity index is 1.88. The van der Waals surface area contributed by atoms with Gasteiger partial charge >= 0.3 is 0 Å². The number of hydrogen-bond acceptors (Lipinski definition) is 5. The zero-order chi connectivity index (χ0) is 12.3. The lowest BCUT2D eigenvalue weighted by atomic mass is 9.80. The first-order chi connectivity index (χ1) is 8.11. The molecular weight excluding hydrogens is 214 g/mol. The molecule has 0 atom stereocenters. The second-order valence-electron chi connectivity index (χ2n) is 5.24. The van der Waals surface area contributed by atoms with E-state index in [4.69, 9.17) is 11.5 Å². The van der Waals surface area contributed by atoms with Gasteiger partial charge in [0, 0.05) is 24.5 Å². The van der Waals surface area contributed by atoms with Crippen LogP contribution < -0.4 is 11.5 Å². The Bertz CT molecular complexity index is 354. The number of rotatable bonds is 3. The lowest BCUT2D eigenvalue weighted by Crippen LogP contribution is -2.41. The van der Waals surface area contributed by atoms with Crippen molar-refractivity contribution in [2.24, 2.45) is 11.1 Å². The van der Waals surface area contributed by atoms with Crippen molar-refractivity contribution in [3.05, 3.63) is 18.0 Å². The third-order valence-corrected chi connectivity index (χ3v) is 3.69. The third kappa shape index (κ3) is 3.14. The van der Waals surface area contributed by atoms with Crippen LogP contribution in [-0.2, 0) is 6.54 Å². The van der Waals surface area contributed by atoms with E-state index in [1.54, 1.807) is 12.4 Å². The number of aromatic nitrogens is 2. The molecule has 2 rings (SSSR count). The minimum atomic E-state index is 0.327. The molecule has 5 nitrogen and oxygen atoms in total. The number of nitrogen functional groups attached to an aromatic ring is 1. The van der Waals surface area contributed by atoms with Crippen LogP contribution in [0.3, 0.4) is 0 Å². The SMILES string of the molecule is CC1(CN)CCN(Cc2cnc(N)nc2)CC1. The number of nitrogens with two attached hydrogens (primary N) is 2. The van der Waals surface area contributed by atoms with Crippen molar-refractivity contribution in [3.8, 4) is 0 Å². The maximum absolute atomic E-state index is 5.80. The van der Waals surface area contributed by atoms with Crippen LogP contribution in [0.2, 0.25) is 0 Å². The number of anilines is 1. The van der Waals surface area contributed by atoms with Crippen molar-refractivity contribution in [2.45, 2.75) is 26.3 Å². The number of nitrogens with zero attached hydrogens (tertiary/aromatic N) is 3. The normalized spacial score (nSPS) is 20.4. The van der Waals surface area contributed by atoms with Crippen LogP contribution in [0.25, 0.3) is 0 Å². The Hall–Kier alpha value is -1.20. The molecule has 1 aliphatic rings. The molecule has 17 heavy (non-hydrogen) atoms. The molecule has 1 aromatic heterocycles. The summed E-state index contributed by atoms with van der Waals surface area (Å²) in [4.78, 5) is 10.4. The van der Waals surface area contributed by atoms with E-state index in [1.807, 2.05) is 0 Å². The molecule has 0 aliphatic carbocycles. The van der Waals surface area contributed by atoms with Crippen molar-refractivity contribution in [1.29, 1.82) is 0 Å². The molecular formula is C12H21N5. The Kier molecular flexibility index (Phi) is 3.59. The molecule has 0 spiro atoms. The molecule has 0 bridgehead atoms. The quantitative estimate of drug-likeness (QED) is 0.802.